The minimum atomic E-state index is -0.481. The van der Waals surface area contributed by atoms with Crippen molar-refractivity contribution in [1.29, 1.82) is 0 Å². The molecular weight excluding hydrogens is 296 g/mol. The van der Waals surface area contributed by atoms with Crippen molar-refractivity contribution >= 4 is 24.1 Å². The lowest BCUT2D eigenvalue weighted by molar-refractivity contribution is -0.111. The number of amides is 2. The summed E-state index contributed by atoms with van der Waals surface area (Å²) < 4.78 is 0. The van der Waals surface area contributed by atoms with Gasteiger partial charge in [0.05, 0.1) is 11.6 Å². The molecule has 0 radical (unpaired) electrons. The quantitative estimate of drug-likeness (QED) is 0.625. The van der Waals surface area contributed by atoms with Crippen LogP contribution in [0, 0.1) is 5.41 Å². The number of benzene rings is 1. The molecule has 120 valence electrons. The first-order valence-corrected chi connectivity index (χ1v) is 8.55. The molecule has 0 bridgehead atoms. The Balaban J connectivity index is 1.84. The Bertz CT molecular complexity index is 521. The second-order valence-electron chi connectivity index (χ2n) is 6.96. The normalized spacial score (nSPS) is 17.4. The van der Waals surface area contributed by atoms with E-state index in [2.05, 4.69) is 22.8 Å². The summed E-state index contributed by atoms with van der Waals surface area (Å²) in [5, 5.41) is 5.82. The van der Waals surface area contributed by atoms with E-state index < -0.39 is 6.04 Å². The average molecular weight is 320 g/mol. The Kier molecular flexibility index (Phi) is 5.16. The van der Waals surface area contributed by atoms with Gasteiger partial charge in [-0.25, -0.2) is 4.79 Å². The molecule has 1 saturated carbocycles. The summed E-state index contributed by atoms with van der Waals surface area (Å²) in [6.45, 7) is 5.81. The van der Waals surface area contributed by atoms with E-state index in [-0.39, 0.29) is 17.0 Å². The molecule has 1 aromatic carbocycles. The predicted molar refractivity (Wildman–Crippen MR) is 90.1 cm³/mol. The molecule has 1 aromatic rings. The van der Waals surface area contributed by atoms with Crippen LogP contribution in [-0.4, -0.2) is 29.7 Å². The van der Waals surface area contributed by atoms with Crippen molar-refractivity contribution in [3.8, 4) is 0 Å². The summed E-state index contributed by atoms with van der Waals surface area (Å²) in [5.41, 5.74) is -0.412. The van der Waals surface area contributed by atoms with Gasteiger partial charge in [-0.2, -0.15) is 0 Å². The number of nitrogens with one attached hydrogen (secondary N) is 2. The van der Waals surface area contributed by atoms with Crippen LogP contribution in [0.25, 0.3) is 0 Å². The third-order valence-electron chi connectivity index (χ3n) is 3.85. The Morgan fingerprint density at radius 2 is 1.95 bits per heavy atom. The molecule has 0 aromatic heterocycles. The van der Waals surface area contributed by atoms with Crippen molar-refractivity contribution in [2.75, 3.05) is 5.75 Å². The number of thioether (sulfide) groups is 1. The van der Waals surface area contributed by atoms with Gasteiger partial charge in [-0.15, -0.1) is 11.8 Å². The number of hydrogen-bond acceptors (Lipinski definition) is 3. The summed E-state index contributed by atoms with van der Waals surface area (Å²) in [6, 6.07) is 9.43. The third kappa shape index (κ3) is 4.77. The zero-order valence-electron chi connectivity index (χ0n) is 13.4. The van der Waals surface area contributed by atoms with Gasteiger partial charge < -0.3 is 15.4 Å². The van der Waals surface area contributed by atoms with Crippen LogP contribution < -0.4 is 10.6 Å². The Labute approximate surface area is 136 Å². The van der Waals surface area contributed by atoms with Gasteiger partial charge in [0.25, 0.3) is 0 Å². The van der Waals surface area contributed by atoms with E-state index in [4.69, 9.17) is 0 Å². The van der Waals surface area contributed by atoms with Crippen LogP contribution >= 0.6 is 11.8 Å². The second kappa shape index (κ2) is 6.73. The molecule has 0 aliphatic heterocycles. The van der Waals surface area contributed by atoms with E-state index in [1.54, 1.807) is 11.8 Å². The average Bonchev–Trinajstić information content (AvgIpc) is 3.22. The summed E-state index contributed by atoms with van der Waals surface area (Å²) in [7, 11) is 0. The highest BCUT2D eigenvalue weighted by Gasteiger charge is 2.44. The molecule has 1 aliphatic rings. The van der Waals surface area contributed by atoms with Crippen molar-refractivity contribution in [3.63, 3.8) is 0 Å². The minimum absolute atomic E-state index is 0.129. The molecule has 1 aliphatic carbocycles. The topological polar surface area (TPSA) is 58.2 Å². The zero-order chi connectivity index (χ0) is 16.2. The lowest BCUT2D eigenvalue weighted by atomic mass is 9.88. The van der Waals surface area contributed by atoms with E-state index in [0.29, 0.717) is 0 Å². The van der Waals surface area contributed by atoms with Crippen LogP contribution in [0.1, 0.15) is 33.6 Å². The monoisotopic (exact) mass is 320 g/mol. The number of hydrogen-bond donors (Lipinski definition) is 2. The van der Waals surface area contributed by atoms with Crippen LogP contribution in [0.5, 0.6) is 0 Å². The van der Waals surface area contributed by atoms with Gasteiger partial charge in [0.1, 0.15) is 6.29 Å². The summed E-state index contributed by atoms with van der Waals surface area (Å²) >= 11 is 1.75. The first kappa shape index (κ1) is 16.9. The summed E-state index contributed by atoms with van der Waals surface area (Å²) in [4.78, 5) is 24.5. The fourth-order valence-electron chi connectivity index (χ4n) is 2.07. The van der Waals surface area contributed by atoms with E-state index >= 15 is 0 Å². The predicted octanol–water partition coefficient (Wildman–Crippen LogP) is 3.22. The maximum atomic E-state index is 12.1. The van der Waals surface area contributed by atoms with Crippen LogP contribution in [0.15, 0.2) is 35.2 Å². The van der Waals surface area contributed by atoms with E-state index in [1.165, 1.54) is 4.90 Å². The SMILES string of the molecule is CC(C)(C)C(C=O)NC(=O)NC1(CSc2ccccc2)CC1. The molecule has 2 amide bonds. The van der Waals surface area contributed by atoms with Gasteiger partial charge in [-0.05, 0) is 30.4 Å². The van der Waals surface area contributed by atoms with Crippen molar-refractivity contribution in [2.45, 2.75) is 50.1 Å². The number of carbonyl (C=O) groups excluding carboxylic acids is 2. The summed E-state index contributed by atoms with van der Waals surface area (Å²) in [6.07, 6.45) is 2.78. The van der Waals surface area contributed by atoms with Gasteiger partial charge in [0.15, 0.2) is 0 Å². The molecule has 1 fully saturated rings. The molecule has 1 atom stereocenters. The standard InChI is InChI=1S/C17H24N2O2S/c1-16(2,3)14(11-20)18-15(21)19-17(9-10-17)12-22-13-7-5-4-6-8-13/h4-8,11,14H,9-10,12H2,1-3H3,(H2,18,19,21). The van der Waals surface area contributed by atoms with Crippen molar-refractivity contribution < 1.29 is 9.59 Å². The number of aldehydes is 1. The highest BCUT2D eigenvalue weighted by atomic mass is 32.2. The van der Waals surface area contributed by atoms with Gasteiger partial charge in [-0.3, -0.25) is 0 Å². The fraction of sp³-hybridized carbons (Fsp3) is 0.529. The molecule has 4 nitrogen and oxygen atoms in total. The molecule has 1 unspecified atom stereocenters. The molecule has 0 heterocycles. The van der Waals surface area contributed by atoms with Gasteiger partial charge in [0.2, 0.25) is 0 Å². The van der Waals surface area contributed by atoms with Gasteiger partial charge in [-0.1, -0.05) is 39.0 Å². The number of rotatable bonds is 6. The lowest BCUT2D eigenvalue weighted by Crippen LogP contribution is -2.52. The van der Waals surface area contributed by atoms with Crippen LogP contribution in [0.3, 0.4) is 0 Å². The number of carbonyl (C=O) groups is 2. The Morgan fingerprint density at radius 3 is 2.45 bits per heavy atom. The first-order chi connectivity index (χ1) is 10.3. The van der Waals surface area contributed by atoms with Crippen LogP contribution in [-0.2, 0) is 4.79 Å². The minimum Gasteiger partial charge on any atom is -0.332 e. The molecule has 2 N–H and O–H groups in total. The van der Waals surface area contributed by atoms with Crippen LogP contribution in [0.2, 0.25) is 0 Å². The highest BCUT2D eigenvalue weighted by Crippen LogP contribution is 2.40. The fourth-order valence-corrected chi connectivity index (χ4v) is 3.22. The first-order valence-electron chi connectivity index (χ1n) is 7.56. The lowest BCUT2D eigenvalue weighted by Gasteiger charge is -2.28. The molecule has 0 spiro atoms. The maximum Gasteiger partial charge on any atom is 0.315 e. The smallest absolute Gasteiger partial charge is 0.315 e. The van der Waals surface area contributed by atoms with E-state index in [9.17, 15) is 9.59 Å². The molecule has 22 heavy (non-hydrogen) atoms. The zero-order valence-corrected chi connectivity index (χ0v) is 14.2. The largest absolute Gasteiger partial charge is 0.332 e. The number of urea groups is 1. The Morgan fingerprint density at radius 1 is 1.32 bits per heavy atom. The van der Waals surface area contributed by atoms with Crippen molar-refractivity contribution in [2.24, 2.45) is 5.41 Å². The molecular formula is C17H24N2O2S. The molecule has 2 rings (SSSR count). The summed E-state index contributed by atoms with van der Waals surface area (Å²) in [5.74, 6) is 0.853. The highest BCUT2D eigenvalue weighted by molar-refractivity contribution is 7.99. The Hall–Kier alpha value is -1.49. The molecule has 5 heteroatoms. The van der Waals surface area contributed by atoms with Crippen molar-refractivity contribution in [3.05, 3.63) is 30.3 Å². The maximum absolute atomic E-state index is 12.1. The molecule has 0 saturated heterocycles. The second-order valence-corrected chi connectivity index (χ2v) is 8.01. The van der Waals surface area contributed by atoms with Crippen LogP contribution in [0.4, 0.5) is 4.79 Å². The van der Waals surface area contributed by atoms with E-state index in [0.717, 1.165) is 24.9 Å². The van der Waals surface area contributed by atoms with Gasteiger partial charge >= 0.3 is 6.03 Å². The van der Waals surface area contributed by atoms with Gasteiger partial charge in [0, 0.05) is 10.6 Å². The van der Waals surface area contributed by atoms with Crippen molar-refractivity contribution in [1.82, 2.24) is 10.6 Å². The van der Waals surface area contributed by atoms with E-state index in [1.807, 2.05) is 39.0 Å². The third-order valence-corrected chi connectivity index (χ3v) is 5.15.